The zero-order valence-corrected chi connectivity index (χ0v) is 8.06. The van der Waals surface area contributed by atoms with Crippen LogP contribution in [0.25, 0.3) is 11.0 Å². The van der Waals surface area contributed by atoms with Crippen molar-refractivity contribution >= 4 is 17.0 Å². The predicted molar refractivity (Wildman–Crippen MR) is 52.4 cm³/mol. The fourth-order valence-electron chi connectivity index (χ4n) is 1.28. The Kier molecular flexibility index (Phi) is 2.24. The van der Waals surface area contributed by atoms with E-state index in [4.69, 9.17) is 0 Å². The molecule has 1 N–H and O–H groups in total. The van der Waals surface area contributed by atoms with E-state index in [0.29, 0.717) is 11.0 Å². The Balaban J connectivity index is 2.48. The van der Waals surface area contributed by atoms with Crippen molar-refractivity contribution in [1.29, 1.82) is 0 Å². The Bertz CT molecular complexity index is 555. The summed E-state index contributed by atoms with van der Waals surface area (Å²) >= 11 is 0. The molecule has 78 valence electrons. The van der Waals surface area contributed by atoms with Gasteiger partial charge in [-0.1, -0.05) is 0 Å². The molecule has 0 bridgehead atoms. The minimum atomic E-state index is -0.482. The lowest BCUT2D eigenvalue weighted by atomic mass is 10.4. The maximum atomic E-state index is 11.7. The molecule has 2 aromatic heterocycles. The molecule has 6 nitrogen and oxygen atoms in total. The summed E-state index contributed by atoms with van der Waals surface area (Å²) in [5.74, 6) is -0.482. The summed E-state index contributed by atoms with van der Waals surface area (Å²) in [6.45, 7) is -0.128. The van der Waals surface area contributed by atoms with E-state index in [1.165, 1.54) is 18.0 Å². The van der Waals surface area contributed by atoms with Gasteiger partial charge in [-0.25, -0.2) is 4.98 Å². The molecular weight excluding hydrogens is 198 g/mol. The van der Waals surface area contributed by atoms with Gasteiger partial charge in [-0.05, 0) is 6.07 Å². The summed E-state index contributed by atoms with van der Waals surface area (Å²) in [5.41, 5.74) is 0.693. The number of esters is 1. The minimum Gasteiger partial charge on any atom is -0.468 e. The van der Waals surface area contributed by atoms with Gasteiger partial charge < -0.3 is 9.72 Å². The Morgan fingerprint density at radius 2 is 2.47 bits per heavy atom. The summed E-state index contributed by atoms with van der Waals surface area (Å²) in [4.78, 5) is 29.5. The number of rotatable bonds is 2. The largest absolute Gasteiger partial charge is 0.468 e. The van der Waals surface area contributed by atoms with Gasteiger partial charge in [0.25, 0.3) is 5.56 Å². The first kappa shape index (κ1) is 9.45. The van der Waals surface area contributed by atoms with Crippen LogP contribution in [-0.2, 0) is 16.1 Å². The van der Waals surface area contributed by atoms with Crippen molar-refractivity contribution in [2.24, 2.45) is 0 Å². The number of carbonyl (C=O) groups excluding carboxylic acids is 1. The van der Waals surface area contributed by atoms with Crippen molar-refractivity contribution in [3.05, 3.63) is 28.9 Å². The first-order valence-corrected chi connectivity index (χ1v) is 4.31. The van der Waals surface area contributed by atoms with E-state index >= 15 is 0 Å². The minimum absolute atomic E-state index is 0.128. The molecule has 0 unspecified atom stereocenters. The van der Waals surface area contributed by atoms with Gasteiger partial charge in [0.2, 0.25) is 0 Å². The van der Waals surface area contributed by atoms with E-state index in [-0.39, 0.29) is 12.1 Å². The highest BCUT2D eigenvalue weighted by Gasteiger charge is 2.07. The second-order valence-electron chi connectivity index (χ2n) is 2.99. The number of ether oxygens (including phenoxy) is 1. The fraction of sp³-hybridized carbons (Fsp3) is 0.222. The van der Waals surface area contributed by atoms with Crippen molar-refractivity contribution in [2.75, 3.05) is 7.11 Å². The summed E-state index contributed by atoms with van der Waals surface area (Å²) in [6, 6.07) is 1.69. The first-order valence-electron chi connectivity index (χ1n) is 4.31. The SMILES string of the molecule is COC(=O)Cn1cnc2cc[nH]c2c1=O. The Morgan fingerprint density at radius 3 is 3.20 bits per heavy atom. The van der Waals surface area contributed by atoms with Crippen molar-refractivity contribution in [2.45, 2.75) is 6.54 Å². The predicted octanol–water partition coefficient (Wildman–Crippen LogP) is -0.102. The maximum absolute atomic E-state index is 11.7. The number of aromatic amines is 1. The molecular formula is C9H9N3O3. The normalized spacial score (nSPS) is 10.5. The van der Waals surface area contributed by atoms with Gasteiger partial charge in [0.15, 0.2) is 0 Å². The van der Waals surface area contributed by atoms with E-state index < -0.39 is 5.97 Å². The Hall–Kier alpha value is -2.11. The van der Waals surface area contributed by atoms with Crippen LogP contribution in [0.15, 0.2) is 23.4 Å². The molecule has 15 heavy (non-hydrogen) atoms. The monoisotopic (exact) mass is 207 g/mol. The lowest BCUT2D eigenvalue weighted by Crippen LogP contribution is -2.25. The highest BCUT2D eigenvalue weighted by Crippen LogP contribution is 2.01. The second-order valence-corrected chi connectivity index (χ2v) is 2.99. The lowest BCUT2D eigenvalue weighted by molar-refractivity contribution is -0.141. The Morgan fingerprint density at radius 1 is 1.67 bits per heavy atom. The van der Waals surface area contributed by atoms with Gasteiger partial charge in [0.1, 0.15) is 12.1 Å². The third-order valence-corrected chi connectivity index (χ3v) is 2.06. The van der Waals surface area contributed by atoms with E-state index in [1.54, 1.807) is 12.3 Å². The molecule has 2 aromatic rings. The second kappa shape index (κ2) is 3.56. The van der Waals surface area contributed by atoms with Crippen molar-refractivity contribution in [1.82, 2.24) is 14.5 Å². The molecule has 6 heteroatoms. The molecule has 2 rings (SSSR count). The number of nitrogens with zero attached hydrogens (tertiary/aromatic N) is 2. The van der Waals surface area contributed by atoms with Crippen LogP contribution in [0.4, 0.5) is 0 Å². The Labute approximate surface area is 84.5 Å². The van der Waals surface area contributed by atoms with Crippen LogP contribution in [-0.4, -0.2) is 27.6 Å². The standard InChI is InChI=1S/C9H9N3O3/c1-15-7(13)4-12-5-11-6-2-3-10-8(6)9(12)14/h2-3,5,10H,4H2,1H3. The van der Waals surface area contributed by atoms with E-state index in [2.05, 4.69) is 14.7 Å². The van der Waals surface area contributed by atoms with Crippen molar-refractivity contribution in [3.8, 4) is 0 Å². The lowest BCUT2D eigenvalue weighted by Gasteiger charge is -2.02. The van der Waals surface area contributed by atoms with E-state index in [1.807, 2.05) is 0 Å². The molecule has 0 aromatic carbocycles. The molecule has 0 radical (unpaired) electrons. The zero-order valence-electron chi connectivity index (χ0n) is 8.06. The third-order valence-electron chi connectivity index (χ3n) is 2.06. The van der Waals surface area contributed by atoms with Crippen LogP contribution in [0.5, 0.6) is 0 Å². The van der Waals surface area contributed by atoms with Crippen LogP contribution in [0.2, 0.25) is 0 Å². The molecule has 2 heterocycles. The van der Waals surface area contributed by atoms with Gasteiger partial charge in [0, 0.05) is 6.20 Å². The fourth-order valence-corrected chi connectivity index (χ4v) is 1.28. The van der Waals surface area contributed by atoms with Crippen molar-refractivity contribution < 1.29 is 9.53 Å². The quantitative estimate of drug-likeness (QED) is 0.697. The van der Waals surface area contributed by atoms with E-state index in [9.17, 15) is 9.59 Å². The number of H-pyrrole nitrogens is 1. The molecule has 0 saturated heterocycles. The summed E-state index contributed by atoms with van der Waals surface area (Å²) in [6.07, 6.45) is 2.96. The van der Waals surface area contributed by atoms with Gasteiger partial charge in [0.05, 0.1) is 19.0 Å². The molecule has 0 fully saturated rings. The van der Waals surface area contributed by atoms with Crippen LogP contribution < -0.4 is 5.56 Å². The van der Waals surface area contributed by atoms with Crippen LogP contribution in [0, 0.1) is 0 Å². The maximum Gasteiger partial charge on any atom is 0.325 e. The van der Waals surface area contributed by atoms with Crippen LogP contribution in [0.1, 0.15) is 0 Å². The molecule has 0 aliphatic rings. The number of hydrogen-bond donors (Lipinski definition) is 1. The summed E-state index contributed by atoms with van der Waals surface area (Å²) < 4.78 is 5.67. The molecule has 0 aliphatic carbocycles. The highest BCUT2D eigenvalue weighted by molar-refractivity contribution is 5.74. The van der Waals surface area contributed by atoms with Crippen LogP contribution >= 0.6 is 0 Å². The average Bonchev–Trinajstić information content (AvgIpc) is 2.70. The van der Waals surface area contributed by atoms with Gasteiger partial charge in [-0.15, -0.1) is 0 Å². The molecule has 0 amide bonds. The number of methoxy groups -OCH3 is 1. The van der Waals surface area contributed by atoms with Gasteiger partial charge in [-0.3, -0.25) is 14.2 Å². The smallest absolute Gasteiger partial charge is 0.325 e. The van der Waals surface area contributed by atoms with Crippen molar-refractivity contribution in [3.63, 3.8) is 0 Å². The number of hydrogen-bond acceptors (Lipinski definition) is 4. The topological polar surface area (TPSA) is 77.0 Å². The molecule has 0 aliphatic heterocycles. The third kappa shape index (κ3) is 1.61. The number of aromatic nitrogens is 3. The number of nitrogens with one attached hydrogen (secondary N) is 1. The summed E-state index contributed by atoms with van der Waals surface area (Å²) in [7, 11) is 1.27. The molecule has 0 spiro atoms. The van der Waals surface area contributed by atoms with Gasteiger partial charge in [-0.2, -0.15) is 0 Å². The van der Waals surface area contributed by atoms with E-state index in [0.717, 1.165) is 0 Å². The summed E-state index contributed by atoms with van der Waals surface area (Å²) in [5, 5.41) is 0. The molecule has 0 atom stereocenters. The number of carbonyl (C=O) groups is 1. The molecule has 0 saturated carbocycles. The van der Waals surface area contributed by atoms with Gasteiger partial charge >= 0.3 is 5.97 Å². The first-order chi connectivity index (χ1) is 7.22. The highest BCUT2D eigenvalue weighted by atomic mass is 16.5. The average molecular weight is 207 g/mol. The zero-order chi connectivity index (χ0) is 10.8. The number of fused-ring (bicyclic) bond motifs is 1. The van der Waals surface area contributed by atoms with Crippen LogP contribution in [0.3, 0.4) is 0 Å².